The fraction of sp³-hybridized carbons (Fsp3) is 0.389. The molecule has 0 bridgehead atoms. The van der Waals surface area contributed by atoms with Crippen molar-refractivity contribution in [3.05, 3.63) is 42.2 Å². The largest absolute Gasteiger partial charge is 0.459 e. The number of amides is 1. The Balaban J connectivity index is 1.95. The molecule has 0 unspecified atom stereocenters. The number of hydrogen-bond donors (Lipinski definition) is 2. The van der Waals surface area contributed by atoms with Crippen LogP contribution in [-0.2, 0) is 11.4 Å². The van der Waals surface area contributed by atoms with Gasteiger partial charge in [0.2, 0.25) is 5.91 Å². The minimum Gasteiger partial charge on any atom is -0.459 e. The van der Waals surface area contributed by atoms with Crippen molar-refractivity contribution in [1.82, 2.24) is 0 Å². The zero-order chi connectivity index (χ0) is 15.8. The van der Waals surface area contributed by atoms with Crippen molar-refractivity contribution >= 4 is 11.6 Å². The van der Waals surface area contributed by atoms with Gasteiger partial charge < -0.3 is 14.8 Å². The zero-order valence-electron chi connectivity index (χ0n) is 13.0. The monoisotopic (exact) mass is 301 g/mol. The smallest absolute Gasteiger partial charge is 0.224 e. The fourth-order valence-electron chi connectivity index (χ4n) is 2.30. The molecule has 0 atom stereocenters. The lowest BCUT2D eigenvalue weighted by molar-refractivity contribution is -0.116. The van der Waals surface area contributed by atoms with E-state index in [1.54, 1.807) is 6.07 Å². The lowest BCUT2D eigenvalue weighted by atomic mass is 10.1. The molecule has 0 spiro atoms. The average molecular weight is 301 g/mol. The molecule has 0 radical (unpaired) electrons. The predicted molar refractivity (Wildman–Crippen MR) is 87.5 cm³/mol. The molecule has 1 amide bonds. The quantitative estimate of drug-likeness (QED) is 0.713. The Kier molecular flexibility index (Phi) is 6.22. The average Bonchev–Trinajstić information content (AvgIpc) is 3.01. The van der Waals surface area contributed by atoms with Gasteiger partial charge in [0.15, 0.2) is 0 Å². The Morgan fingerprint density at radius 1 is 1.18 bits per heavy atom. The maximum atomic E-state index is 11.9. The molecular formula is C18H23NO3. The van der Waals surface area contributed by atoms with Gasteiger partial charge in [0.1, 0.15) is 18.1 Å². The highest BCUT2D eigenvalue weighted by molar-refractivity contribution is 5.91. The van der Waals surface area contributed by atoms with Crippen LogP contribution in [0.5, 0.6) is 0 Å². The van der Waals surface area contributed by atoms with Gasteiger partial charge in [0, 0.05) is 17.7 Å². The number of unbranched alkanes of at least 4 members (excludes halogenated alkanes) is 3. The first-order valence-electron chi connectivity index (χ1n) is 7.82. The van der Waals surface area contributed by atoms with Gasteiger partial charge in [-0.25, -0.2) is 0 Å². The van der Waals surface area contributed by atoms with Gasteiger partial charge in [0.05, 0.1) is 0 Å². The van der Waals surface area contributed by atoms with Gasteiger partial charge in [-0.15, -0.1) is 0 Å². The molecule has 0 aliphatic rings. The second-order valence-corrected chi connectivity index (χ2v) is 5.36. The summed E-state index contributed by atoms with van der Waals surface area (Å²) in [5.74, 6) is 1.26. The summed E-state index contributed by atoms with van der Waals surface area (Å²) in [5, 5.41) is 12.0. The van der Waals surface area contributed by atoms with E-state index in [4.69, 9.17) is 9.52 Å². The van der Waals surface area contributed by atoms with E-state index < -0.39 is 0 Å². The Morgan fingerprint density at radius 3 is 2.77 bits per heavy atom. The number of furan rings is 1. The van der Waals surface area contributed by atoms with E-state index in [1.807, 2.05) is 30.3 Å². The van der Waals surface area contributed by atoms with Crippen molar-refractivity contribution in [1.29, 1.82) is 0 Å². The third-order valence-corrected chi connectivity index (χ3v) is 3.51. The van der Waals surface area contributed by atoms with Crippen molar-refractivity contribution < 1.29 is 14.3 Å². The molecule has 2 aromatic rings. The Hall–Kier alpha value is -2.07. The van der Waals surface area contributed by atoms with Gasteiger partial charge >= 0.3 is 0 Å². The number of nitrogens with one attached hydrogen (secondary N) is 1. The highest BCUT2D eigenvalue weighted by Crippen LogP contribution is 2.25. The van der Waals surface area contributed by atoms with Crippen LogP contribution in [0.25, 0.3) is 11.3 Å². The summed E-state index contributed by atoms with van der Waals surface area (Å²) in [7, 11) is 0. The van der Waals surface area contributed by atoms with Gasteiger partial charge in [-0.3, -0.25) is 4.79 Å². The van der Waals surface area contributed by atoms with Crippen molar-refractivity contribution in [2.75, 3.05) is 5.32 Å². The zero-order valence-corrected chi connectivity index (χ0v) is 13.0. The van der Waals surface area contributed by atoms with E-state index >= 15 is 0 Å². The van der Waals surface area contributed by atoms with Crippen molar-refractivity contribution in [3.63, 3.8) is 0 Å². The molecule has 0 fully saturated rings. The first-order valence-corrected chi connectivity index (χ1v) is 7.82. The molecule has 2 rings (SSSR count). The molecule has 1 aromatic heterocycles. The fourth-order valence-corrected chi connectivity index (χ4v) is 2.30. The van der Waals surface area contributed by atoms with Crippen LogP contribution in [0.4, 0.5) is 5.69 Å². The summed E-state index contributed by atoms with van der Waals surface area (Å²) in [6.07, 6.45) is 4.93. The molecule has 1 heterocycles. The number of anilines is 1. The second kappa shape index (κ2) is 8.39. The molecule has 4 nitrogen and oxygen atoms in total. The number of rotatable bonds is 8. The van der Waals surface area contributed by atoms with E-state index in [1.165, 1.54) is 12.8 Å². The highest BCUT2D eigenvalue weighted by atomic mass is 16.4. The molecule has 1 aromatic carbocycles. The molecular weight excluding hydrogens is 278 g/mol. The number of hydrogen-bond acceptors (Lipinski definition) is 3. The Morgan fingerprint density at radius 2 is 2.05 bits per heavy atom. The number of aliphatic hydroxyl groups excluding tert-OH is 1. The molecule has 0 saturated heterocycles. The lowest BCUT2D eigenvalue weighted by Gasteiger charge is -2.06. The summed E-state index contributed by atoms with van der Waals surface area (Å²) in [6.45, 7) is 2.04. The summed E-state index contributed by atoms with van der Waals surface area (Å²) < 4.78 is 5.51. The number of carbonyl (C=O) groups excluding carboxylic acids is 1. The highest BCUT2D eigenvalue weighted by Gasteiger charge is 2.07. The Labute approximate surface area is 131 Å². The van der Waals surface area contributed by atoms with Crippen molar-refractivity contribution in [3.8, 4) is 11.3 Å². The third kappa shape index (κ3) is 4.74. The molecule has 22 heavy (non-hydrogen) atoms. The van der Waals surface area contributed by atoms with E-state index in [0.29, 0.717) is 17.9 Å². The second-order valence-electron chi connectivity index (χ2n) is 5.36. The summed E-state index contributed by atoms with van der Waals surface area (Å²) >= 11 is 0. The third-order valence-electron chi connectivity index (χ3n) is 3.51. The molecule has 118 valence electrons. The van der Waals surface area contributed by atoms with Crippen molar-refractivity contribution in [2.24, 2.45) is 0 Å². The Bertz CT molecular complexity index is 604. The summed E-state index contributed by atoms with van der Waals surface area (Å²) in [6, 6.07) is 11.1. The number of aliphatic hydroxyl groups is 1. The van der Waals surface area contributed by atoms with Crippen LogP contribution in [0.15, 0.2) is 40.8 Å². The van der Waals surface area contributed by atoms with Crippen LogP contribution < -0.4 is 5.32 Å². The van der Waals surface area contributed by atoms with E-state index in [-0.39, 0.29) is 12.5 Å². The van der Waals surface area contributed by atoms with Crippen molar-refractivity contribution in [2.45, 2.75) is 45.6 Å². The lowest BCUT2D eigenvalue weighted by Crippen LogP contribution is -2.10. The topological polar surface area (TPSA) is 62.5 Å². The molecule has 2 N–H and O–H groups in total. The first-order chi connectivity index (χ1) is 10.7. The predicted octanol–water partition coefficient (Wildman–Crippen LogP) is 4.35. The standard InChI is InChI=1S/C18H23NO3/c1-2-3-4-5-9-18(21)19-15-8-6-7-14(12-15)17-11-10-16(13-20)22-17/h6-8,10-12,20H,2-5,9,13H2,1H3,(H,19,21). The van der Waals surface area contributed by atoms with Crippen LogP contribution in [0.1, 0.15) is 44.8 Å². The first kappa shape index (κ1) is 16.3. The molecule has 0 saturated carbocycles. The minimum absolute atomic E-state index is 0.0451. The van der Waals surface area contributed by atoms with Gasteiger partial charge in [0.25, 0.3) is 0 Å². The van der Waals surface area contributed by atoms with Gasteiger partial charge in [-0.1, -0.05) is 38.3 Å². The maximum absolute atomic E-state index is 11.9. The van der Waals surface area contributed by atoms with Gasteiger partial charge in [-0.2, -0.15) is 0 Å². The summed E-state index contributed by atoms with van der Waals surface area (Å²) in [5.41, 5.74) is 1.64. The molecule has 0 aliphatic heterocycles. The van der Waals surface area contributed by atoms with Crippen LogP contribution >= 0.6 is 0 Å². The van der Waals surface area contributed by atoms with E-state index in [0.717, 1.165) is 24.1 Å². The SMILES string of the molecule is CCCCCCC(=O)Nc1cccc(-c2ccc(CO)o2)c1. The van der Waals surface area contributed by atoms with Crippen LogP contribution in [-0.4, -0.2) is 11.0 Å². The van der Waals surface area contributed by atoms with Crippen LogP contribution in [0.2, 0.25) is 0 Å². The summed E-state index contributed by atoms with van der Waals surface area (Å²) in [4.78, 5) is 11.9. The van der Waals surface area contributed by atoms with Crippen LogP contribution in [0.3, 0.4) is 0 Å². The maximum Gasteiger partial charge on any atom is 0.224 e. The van der Waals surface area contributed by atoms with E-state index in [9.17, 15) is 4.79 Å². The molecule has 4 heteroatoms. The number of benzene rings is 1. The molecule has 0 aliphatic carbocycles. The normalized spacial score (nSPS) is 10.6. The number of carbonyl (C=O) groups is 1. The van der Waals surface area contributed by atoms with E-state index in [2.05, 4.69) is 12.2 Å². The minimum atomic E-state index is -0.117. The van der Waals surface area contributed by atoms with Gasteiger partial charge in [-0.05, 0) is 30.7 Å². The van der Waals surface area contributed by atoms with Crippen LogP contribution in [0, 0.1) is 0 Å².